The average Bonchev–Trinajstić information content (AvgIpc) is 2.83. The van der Waals surface area contributed by atoms with E-state index in [1.165, 1.54) is 25.7 Å². The van der Waals surface area contributed by atoms with Crippen molar-refractivity contribution in [3.63, 3.8) is 0 Å². The summed E-state index contributed by atoms with van der Waals surface area (Å²) in [6.45, 7) is 3.27. The Hall–Kier alpha value is -1.71. The molecule has 1 aliphatic carbocycles. The minimum absolute atomic E-state index is 0.0222. The summed E-state index contributed by atoms with van der Waals surface area (Å²) in [5.41, 5.74) is 8.63. The molecular formula is C16H25N3O. The van der Waals surface area contributed by atoms with Gasteiger partial charge in [0.15, 0.2) is 0 Å². The van der Waals surface area contributed by atoms with Crippen molar-refractivity contribution in [3.8, 4) is 0 Å². The van der Waals surface area contributed by atoms with E-state index in [1.54, 1.807) is 25.1 Å². The Morgan fingerprint density at radius 3 is 2.55 bits per heavy atom. The van der Waals surface area contributed by atoms with Gasteiger partial charge in [-0.05, 0) is 36.5 Å². The molecule has 2 rings (SSSR count). The number of nitrogens with two attached hydrogens (primary N) is 1. The molecule has 0 saturated heterocycles. The van der Waals surface area contributed by atoms with Gasteiger partial charge in [-0.25, -0.2) is 0 Å². The Morgan fingerprint density at radius 2 is 2.00 bits per heavy atom. The molecule has 0 unspecified atom stereocenters. The Balaban J connectivity index is 2.04. The van der Waals surface area contributed by atoms with Gasteiger partial charge in [0.1, 0.15) is 0 Å². The molecule has 3 N–H and O–H groups in total. The first-order valence-corrected chi connectivity index (χ1v) is 7.26. The molecule has 0 radical (unpaired) electrons. The summed E-state index contributed by atoms with van der Waals surface area (Å²) in [6, 6.07) is 5.49. The first-order valence-electron chi connectivity index (χ1n) is 7.26. The highest BCUT2D eigenvalue weighted by Gasteiger charge is 2.28. The van der Waals surface area contributed by atoms with E-state index in [2.05, 4.69) is 12.2 Å². The van der Waals surface area contributed by atoms with Gasteiger partial charge in [-0.2, -0.15) is 0 Å². The molecule has 1 amide bonds. The molecule has 0 bridgehead atoms. The smallest absolute Gasteiger partial charge is 0.253 e. The summed E-state index contributed by atoms with van der Waals surface area (Å²) in [5, 5.41) is 3.44. The monoisotopic (exact) mass is 275 g/mol. The maximum absolute atomic E-state index is 11.9. The topological polar surface area (TPSA) is 58.4 Å². The minimum atomic E-state index is -0.0222. The number of nitrogens with zero attached hydrogens (tertiary/aromatic N) is 1. The highest BCUT2D eigenvalue weighted by molar-refractivity contribution is 5.95. The molecular weight excluding hydrogens is 250 g/mol. The molecule has 110 valence electrons. The van der Waals surface area contributed by atoms with Crippen molar-refractivity contribution in [2.75, 3.05) is 31.7 Å². The van der Waals surface area contributed by atoms with Crippen LogP contribution in [0.2, 0.25) is 0 Å². The van der Waals surface area contributed by atoms with Gasteiger partial charge in [0.25, 0.3) is 5.91 Å². The van der Waals surface area contributed by atoms with E-state index < -0.39 is 0 Å². The normalized spacial score (nSPS) is 16.9. The van der Waals surface area contributed by atoms with Crippen LogP contribution >= 0.6 is 0 Å². The maximum atomic E-state index is 11.9. The number of hydrogen-bond donors (Lipinski definition) is 2. The second-order valence-electron chi connectivity index (χ2n) is 6.37. The van der Waals surface area contributed by atoms with Crippen molar-refractivity contribution in [3.05, 3.63) is 23.8 Å². The predicted molar refractivity (Wildman–Crippen MR) is 83.9 cm³/mol. The van der Waals surface area contributed by atoms with E-state index in [0.717, 1.165) is 12.2 Å². The van der Waals surface area contributed by atoms with Crippen LogP contribution in [-0.2, 0) is 0 Å². The van der Waals surface area contributed by atoms with Crippen molar-refractivity contribution in [1.29, 1.82) is 0 Å². The second kappa shape index (κ2) is 5.73. The van der Waals surface area contributed by atoms with Crippen molar-refractivity contribution < 1.29 is 4.79 Å². The lowest BCUT2D eigenvalue weighted by molar-refractivity contribution is 0.0827. The number of amides is 1. The number of anilines is 2. The van der Waals surface area contributed by atoms with Gasteiger partial charge in [0, 0.05) is 26.2 Å². The molecule has 1 saturated carbocycles. The fourth-order valence-electron chi connectivity index (χ4n) is 2.83. The van der Waals surface area contributed by atoms with E-state index >= 15 is 0 Å². The number of hydrogen-bond acceptors (Lipinski definition) is 3. The molecule has 1 aromatic carbocycles. The fraction of sp³-hybridized carbons (Fsp3) is 0.562. The Bertz CT molecular complexity index is 490. The summed E-state index contributed by atoms with van der Waals surface area (Å²) < 4.78 is 0. The number of benzene rings is 1. The summed E-state index contributed by atoms with van der Waals surface area (Å²) >= 11 is 0. The number of carbonyl (C=O) groups is 1. The zero-order valence-corrected chi connectivity index (χ0v) is 12.7. The SMILES string of the molecule is CN(C)C(=O)c1ccc(NCC2(C)CCCC2)c(N)c1. The molecule has 4 nitrogen and oxygen atoms in total. The number of nitrogens with one attached hydrogen (secondary N) is 1. The lowest BCUT2D eigenvalue weighted by Gasteiger charge is -2.25. The van der Waals surface area contributed by atoms with E-state index in [-0.39, 0.29) is 5.91 Å². The van der Waals surface area contributed by atoms with Gasteiger partial charge in [-0.3, -0.25) is 4.79 Å². The van der Waals surface area contributed by atoms with Gasteiger partial charge >= 0.3 is 0 Å². The van der Waals surface area contributed by atoms with Crippen molar-refractivity contribution in [1.82, 2.24) is 4.90 Å². The minimum Gasteiger partial charge on any atom is -0.397 e. The van der Waals surface area contributed by atoms with Crippen LogP contribution in [0.5, 0.6) is 0 Å². The Morgan fingerprint density at radius 1 is 1.35 bits per heavy atom. The average molecular weight is 275 g/mol. The zero-order valence-electron chi connectivity index (χ0n) is 12.7. The lowest BCUT2D eigenvalue weighted by atomic mass is 9.89. The van der Waals surface area contributed by atoms with Crippen LogP contribution in [0.3, 0.4) is 0 Å². The third kappa shape index (κ3) is 3.24. The number of nitrogen functional groups attached to an aromatic ring is 1. The van der Waals surface area contributed by atoms with Gasteiger partial charge in [0.05, 0.1) is 11.4 Å². The van der Waals surface area contributed by atoms with E-state index in [9.17, 15) is 4.79 Å². The van der Waals surface area contributed by atoms with Crippen LogP contribution in [0.15, 0.2) is 18.2 Å². The quantitative estimate of drug-likeness (QED) is 0.831. The van der Waals surface area contributed by atoms with E-state index in [0.29, 0.717) is 16.7 Å². The summed E-state index contributed by atoms with van der Waals surface area (Å²) in [4.78, 5) is 13.4. The molecule has 0 aliphatic heterocycles. The highest BCUT2D eigenvalue weighted by atomic mass is 16.2. The molecule has 4 heteroatoms. The van der Waals surface area contributed by atoms with Crippen LogP contribution in [0.1, 0.15) is 43.0 Å². The largest absolute Gasteiger partial charge is 0.397 e. The Kier molecular flexibility index (Phi) is 4.21. The van der Waals surface area contributed by atoms with Crippen LogP contribution < -0.4 is 11.1 Å². The molecule has 1 aliphatic rings. The standard InChI is InChI=1S/C16H25N3O/c1-16(8-4-5-9-16)11-18-14-7-6-12(10-13(14)17)15(20)19(2)3/h6-7,10,18H,4-5,8-9,11,17H2,1-3H3. The molecule has 0 spiro atoms. The number of rotatable bonds is 4. The lowest BCUT2D eigenvalue weighted by Crippen LogP contribution is -2.24. The third-order valence-electron chi connectivity index (χ3n) is 4.22. The predicted octanol–water partition coefficient (Wildman–Crippen LogP) is 2.96. The fourth-order valence-corrected chi connectivity index (χ4v) is 2.83. The Labute approximate surface area is 121 Å². The van der Waals surface area contributed by atoms with Crippen molar-refractivity contribution in [2.24, 2.45) is 5.41 Å². The molecule has 0 heterocycles. The molecule has 0 aromatic heterocycles. The first-order chi connectivity index (χ1) is 9.41. The first kappa shape index (κ1) is 14.7. The zero-order chi connectivity index (χ0) is 14.8. The van der Waals surface area contributed by atoms with E-state index in [1.807, 2.05) is 12.1 Å². The van der Waals surface area contributed by atoms with Crippen LogP contribution in [0, 0.1) is 5.41 Å². The summed E-state index contributed by atoms with van der Waals surface area (Å²) in [7, 11) is 3.48. The van der Waals surface area contributed by atoms with Crippen molar-refractivity contribution >= 4 is 17.3 Å². The van der Waals surface area contributed by atoms with Gasteiger partial charge in [0.2, 0.25) is 0 Å². The molecule has 1 aromatic rings. The second-order valence-corrected chi connectivity index (χ2v) is 6.37. The van der Waals surface area contributed by atoms with Crippen molar-refractivity contribution in [2.45, 2.75) is 32.6 Å². The molecule has 20 heavy (non-hydrogen) atoms. The summed E-state index contributed by atoms with van der Waals surface area (Å²) in [6.07, 6.45) is 5.20. The molecule has 1 fully saturated rings. The number of carbonyl (C=O) groups excluding carboxylic acids is 1. The molecule has 0 atom stereocenters. The maximum Gasteiger partial charge on any atom is 0.253 e. The van der Waals surface area contributed by atoms with Crippen LogP contribution in [0.25, 0.3) is 0 Å². The van der Waals surface area contributed by atoms with Gasteiger partial charge < -0.3 is 16.0 Å². The van der Waals surface area contributed by atoms with Crippen LogP contribution in [0.4, 0.5) is 11.4 Å². The summed E-state index contributed by atoms with van der Waals surface area (Å²) in [5.74, 6) is -0.0222. The highest BCUT2D eigenvalue weighted by Crippen LogP contribution is 2.37. The third-order valence-corrected chi connectivity index (χ3v) is 4.22. The van der Waals surface area contributed by atoms with E-state index in [4.69, 9.17) is 5.73 Å². The van der Waals surface area contributed by atoms with Gasteiger partial charge in [-0.15, -0.1) is 0 Å². The van der Waals surface area contributed by atoms with Gasteiger partial charge in [-0.1, -0.05) is 19.8 Å². The van der Waals surface area contributed by atoms with Crippen LogP contribution in [-0.4, -0.2) is 31.4 Å².